The summed E-state index contributed by atoms with van der Waals surface area (Å²) in [6.45, 7) is 1.95. The normalized spacial score (nSPS) is 10.7. The average Bonchev–Trinajstić information content (AvgIpc) is 2.77. The van der Waals surface area contributed by atoms with Gasteiger partial charge in [0.05, 0.1) is 5.39 Å². The van der Waals surface area contributed by atoms with Crippen LogP contribution in [0.25, 0.3) is 10.8 Å². The molecule has 1 N–H and O–H groups in total. The quantitative estimate of drug-likeness (QED) is 0.561. The Hall–Kier alpha value is -3.68. The Balaban J connectivity index is 1.73. The number of hydrogen-bond acceptors (Lipinski definition) is 6. The van der Waals surface area contributed by atoms with Gasteiger partial charge in [-0.15, -0.1) is 0 Å². The number of fused-ring (bicyclic) bond motifs is 1. The number of nitrogens with zero attached hydrogens (tertiary/aromatic N) is 3. The molecule has 8 heteroatoms. The summed E-state index contributed by atoms with van der Waals surface area (Å²) in [6, 6.07) is 14.0. The number of amides is 1. The standard InChI is InChI=1S/C23H26N4O4/c1-4-5-14-27-22(29)19-9-7-6-8-18(19)21(25-27)23(30)31-15-20(28)24-16-10-12-17(13-11-16)26(2)3/h6-13H,4-5,14-15H2,1-3H3,(H,24,28). The number of rotatable bonds is 8. The fourth-order valence-electron chi connectivity index (χ4n) is 3.08. The smallest absolute Gasteiger partial charge is 0.359 e. The lowest BCUT2D eigenvalue weighted by Crippen LogP contribution is -2.27. The van der Waals surface area contributed by atoms with Crippen LogP contribution in [0.5, 0.6) is 0 Å². The first-order valence-electron chi connectivity index (χ1n) is 10.1. The Morgan fingerprint density at radius 3 is 2.39 bits per heavy atom. The molecular formula is C23H26N4O4. The first kappa shape index (κ1) is 22.0. The Bertz CT molecular complexity index is 1140. The molecule has 1 aromatic heterocycles. The lowest BCUT2D eigenvalue weighted by Gasteiger charge is -2.13. The van der Waals surface area contributed by atoms with E-state index in [9.17, 15) is 14.4 Å². The van der Waals surface area contributed by atoms with Gasteiger partial charge in [-0.2, -0.15) is 5.10 Å². The van der Waals surface area contributed by atoms with Crippen LogP contribution in [0.1, 0.15) is 30.3 Å². The molecule has 2 aromatic carbocycles. The Labute approximate surface area is 180 Å². The van der Waals surface area contributed by atoms with E-state index < -0.39 is 18.5 Å². The summed E-state index contributed by atoms with van der Waals surface area (Å²) in [7, 11) is 3.85. The van der Waals surface area contributed by atoms with Crippen LogP contribution in [0.3, 0.4) is 0 Å². The van der Waals surface area contributed by atoms with Gasteiger partial charge in [0.1, 0.15) is 0 Å². The van der Waals surface area contributed by atoms with Crippen LogP contribution in [0.2, 0.25) is 0 Å². The van der Waals surface area contributed by atoms with Gasteiger partial charge in [-0.25, -0.2) is 9.48 Å². The number of ether oxygens (including phenoxy) is 1. The van der Waals surface area contributed by atoms with Gasteiger partial charge in [0.2, 0.25) is 0 Å². The molecule has 0 unspecified atom stereocenters. The second-order valence-corrected chi connectivity index (χ2v) is 7.34. The number of hydrogen-bond donors (Lipinski definition) is 1. The van der Waals surface area contributed by atoms with Crippen molar-refractivity contribution in [3.63, 3.8) is 0 Å². The zero-order valence-electron chi connectivity index (χ0n) is 17.9. The van der Waals surface area contributed by atoms with Gasteiger partial charge in [-0.05, 0) is 36.8 Å². The summed E-state index contributed by atoms with van der Waals surface area (Å²) in [4.78, 5) is 39.5. The minimum absolute atomic E-state index is 0.0226. The van der Waals surface area contributed by atoms with Crippen LogP contribution in [0.4, 0.5) is 11.4 Å². The highest BCUT2D eigenvalue weighted by molar-refractivity contribution is 6.03. The van der Waals surface area contributed by atoms with Crippen molar-refractivity contribution in [2.75, 3.05) is 30.9 Å². The topological polar surface area (TPSA) is 93.5 Å². The van der Waals surface area contributed by atoms with Gasteiger partial charge in [-0.1, -0.05) is 31.5 Å². The summed E-state index contributed by atoms with van der Waals surface area (Å²) in [5.74, 6) is -1.21. The van der Waals surface area contributed by atoms with Gasteiger partial charge >= 0.3 is 5.97 Å². The maximum atomic E-state index is 12.7. The molecule has 1 heterocycles. The highest BCUT2D eigenvalue weighted by Crippen LogP contribution is 2.16. The molecule has 162 valence electrons. The van der Waals surface area contributed by atoms with Crippen molar-refractivity contribution < 1.29 is 14.3 Å². The molecule has 0 saturated heterocycles. The van der Waals surface area contributed by atoms with E-state index in [2.05, 4.69) is 10.4 Å². The van der Waals surface area contributed by atoms with Crippen LogP contribution in [-0.2, 0) is 16.1 Å². The van der Waals surface area contributed by atoms with Crippen molar-refractivity contribution in [2.45, 2.75) is 26.3 Å². The molecule has 8 nitrogen and oxygen atoms in total. The largest absolute Gasteiger partial charge is 0.451 e. The van der Waals surface area contributed by atoms with Gasteiger partial charge in [0, 0.05) is 37.4 Å². The lowest BCUT2D eigenvalue weighted by atomic mass is 10.1. The third-order valence-corrected chi connectivity index (χ3v) is 4.79. The highest BCUT2D eigenvalue weighted by Gasteiger charge is 2.19. The van der Waals surface area contributed by atoms with Crippen molar-refractivity contribution in [3.05, 3.63) is 64.6 Å². The molecule has 0 aliphatic carbocycles. The maximum Gasteiger partial charge on any atom is 0.359 e. The number of benzene rings is 2. The molecule has 0 bridgehead atoms. The van der Waals surface area contributed by atoms with E-state index >= 15 is 0 Å². The number of carbonyl (C=O) groups is 2. The average molecular weight is 422 g/mol. The van der Waals surface area contributed by atoms with Gasteiger partial charge < -0.3 is 15.0 Å². The summed E-state index contributed by atoms with van der Waals surface area (Å²) in [5, 5.41) is 7.71. The number of aromatic nitrogens is 2. The van der Waals surface area contributed by atoms with Crippen molar-refractivity contribution in [1.82, 2.24) is 9.78 Å². The Morgan fingerprint density at radius 2 is 1.74 bits per heavy atom. The summed E-state index contributed by atoms with van der Waals surface area (Å²) in [6.07, 6.45) is 1.64. The van der Waals surface area contributed by atoms with E-state index in [0.29, 0.717) is 23.0 Å². The predicted octanol–water partition coefficient (Wildman–Crippen LogP) is 3.06. The van der Waals surface area contributed by atoms with Crippen molar-refractivity contribution >= 4 is 34.0 Å². The Morgan fingerprint density at radius 1 is 1.06 bits per heavy atom. The van der Waals surface area contributed by atoms with E-state index in [4.69, 9.17) is 4.74 Å². The zero-order valence-corrected chi connectivity index (χ0v) is 17.9. The molecule has 0 aliphatic rings. The maximum absolute atomic E-state index is 12.7. The molecular weight excluding hydrogens is 396 g/mol. The van der Waals surface area contributed by atoms with Gasteiger partial charge in [0.25, 0.3) is 11.5 Å². The van der Waals surface area contributed by atoms with Crippen molar-refractivity contribution in [3.8, 4) is 0 Å². The zero-order chi connectivity index (χ0) is 22.4. The van der Waals surface area contributed by atoms with Crippen molar-refractivity contribution in [1.29, 1.82) is 0 Å². The number of esters is 1. The SMILES string of the molecule is CCCCn1nc(C(=O)OCC(=O)Nc2ccc(N(C)C)cc2)c2ccccc2c1=O. The molecule has 0 saturated carbocycles. The molecule has 0 aliphatic heterocycles. The summed E-state index contributed by atoms with van der Waals surface area (Å²) >= 11 is 0. The van der Waals surface area contributed by atoms with E-state index in [1.54, 1.807) is 36.4 Å². The van der Waals surface area contributed by atoms with Crippen LogP contribution in [0.15, 0.2) is 53.3 Å². The third kappa shape index (κ3) is 5.28. The highest BCUT2D eigenvalue weighted by atomic mass is 16.5. The first-order valence-corrected chi connectivity index (χ1v) is 10.1. The fraction of sp³-hybridized carbons (Fsp3) is 0.304. The van der Waals surface area contributed by atoms with Crippen LogP contribution in [0, 0.1) is 0 Å². The second kappa shape index (κ2) is 9.88. The minimum Gasteiger partial charge on any atom is -0.451 e. The number of aryl methyl sites for hydroxylation is 1. The third-order valence-electron chi connectivity index (χ3n) is 4.79. The Kier molecular flexibility index (Phi) is 7.02. The number of unbranched alkanes of at least 4 members (excludes halogenated alkanes) is 1. The molecule has 0 fully saturated rings. The monoisotopic (exact) mass is 422 g/mol. The molecule has 31 heavy (non-hydrogen) atoms. The van der Waals surface area contributed by atoms with E-state index in [1.165, 1.54) is 4.68 Å². The molecule has 0 spiro atoms. The molecule has 3 rings (SSSR count). The molecule has 1 amide bonds. The van der Waals surface area contributed by atoms with Crippen molar-refractivity contribution in [2.24, 2.45) is 0 Å². The predicted molar refractivity (Wildman–Crippen MR) is 121 cm³/mol. The van der Waals surface area contributed by atoms with Gasteiger partial charge in [0.15, 0.2) is 12.3 Å². The van der Waals surface area contributed by atoms with Gasteiger partial charge in [-0.3, -0.25) is 9.59 Å². The fourth-order valence-corrected chi connectivity index (χ4v) is 3.08. The van der Waals surface area contributed by atoms with Crippen LogP contribution >= 0.6 is 0 Å². The molecule has 0 atom stereocenters. The molecule has 0 radical (unpaired) electrons. The van der Waals surface area contributed by atoms with E-state index in [0.717, 1.165) is 18.5 Å². The van der Waals surface area contributed by atoms with E-state index in [-0.39, 0.29) is 11.3 Å². The number of carbonyl (C=O) groups excluding carboxylic acids is 2. The summed E-state index contributed by atoms with van der Waals surface area (Å²) in [5.41, 5.74) is 1.37. The number of nitrogens with one attached hydrogen (secondary N) is 1. The first-order chi connectivity index (χ1) is 14.9. The lowest BCUT2D eigenvalue weighted by molar-refractivity contribution is -0.119. The van der Waals surface area contributed by atoms with Crippen LogP contribution < -0.4 is 15.8 Å². The van der Waals surface area contributed by atoms with E-state index in [1.807, 2.05) is 38.1 Å². The molecule has 3 aromatic rings. The van der Waals surface area contributed by atoms with Crippen LogP contribution in [-0.4, -0.2) is 42.4 Å². The minimum atomic E-state index is -0.750. The number of anilines is 2. The summed E-state index contributed by atoms with van der Waals surface area (Å²) < 4.78 is 6.48. The second-order valence-electron chi connectivity index (χ2n) is 7.34.